The molecule has 0 spiro atoms. The van der Waals surface area contributed by atoms with Crippen LogP contribution in [0.2, 0.25) is 0 Å². The molecule has 1 atom stereocenters. The first-order chi connectivity index (χ1) is 17.0. The van der Waals surface area contributed by atoms with Gasteiger partial charge in [-0.05, 0) is 53.6 Å². The van der Waals surface area contributed by atoms with E-state index in [1.54, 1.807) is 18.3 Å². The van der Waals surface area contributed by atoms with Crippen LogP contribution in [0.25, 0.3) is 11.1 Å². The van der Waals surface area contributed by atoms with Crippen molar-refractivity contribution in [1.82, 2.24) is 4.98 Å². The van der Waals surface area contributed by atoms with Gasteiger partial charge in [-0.15, -0.1) is 0 Å². The van der Waals surface area contributed by atoms with Gasteiger partial charge < -0.3 is 20.1 Å². The molecule has 0 aliphatic carbocycles. The third-order valence-corrected chi connectivity index (χ3v) is 5.55. The van der Waals surface area contributed by atoms with Gasteiger partial charge in [0.05, 0.1) is 0 Å². The number of ether oxygens (including phenoxy) is 2. The Bertz CT molecular complexity index is 1370. The van der Waals surface area contributed by atoms with Gasteiger partial charge in [0, 0.05) is 42.5 Å². The van der Waals surface area contributed by atoms with Gasteiger partial charge in [0.1, 0.15) is 11.5 Å². The van der Waals surface area contributed by atoms with Crippen molar-refractivity contribution in [3.05, 3.63) is 96.7 Å². The van der Waals surface area contributed by atoms with Crippen LogP contribution in [0.3, 0.4) is 0 Å². The van der Waals surface area contributed by atoms with Crippen LogP contribution in [-0.4, -0.2) is 22.9 Å². The summed E-state index contributed by atoms with van der Waals surface area (Å²) in [4.78, 5) is 28.6. The highest BCUT2D eigenvalue weighted by molar-refractivity contribution is 5.95. The summed E-state index contributed by atoms with van der Waals surface area (Å²) in [5.74, 6) is 1.41. The van der Waals surface area contributed by atoms with E-state index < -0.39 is 6.10 Å². The number of hydrogen-bond donors (Lipinski definition) is 2. The van der Waals surface area contributed by atoms with Crippen molar-refractivity contribution < 1.29 is 19.1 Å². The molecule has 7 heteroatoms. The van der Waals surface area contributed by atoms with Crippen molar-refractivity contribution in [3.8, 4) is 28.5 Å². The first-order valence-corrected chi connectivity index (χ1v) is 11.2. The van der Waals surface area contributed by atoms with Crippen molar-refractivity contribution >= 4 is 23.2 Å². The van der Waals surface area contributed by atoms with Gasteiger partial charge in [0.25, 0.3) is 5.91 Å². The molecule has 4 aromatic rings. The molecule has 2 heterocycles. The molecule has 0 saturated heterocycles. The van der Waals surface area contributed by atoms with Crippen molar-refractivity contribution in [2.24, 2.45) is 0 Å². The van der Waals surface area contributed by atoms with Crippen LogP contribution >= 0.6 is 0 Å². The normalized spacial score (nSPS) is 13.9. The predicted molar refractivity (Wildman–Crippen MR) is 134 cm³/mol. The second kappa shape index (κ2) is 9.69. The Hall–Kier alpha value is -4.65. The van der Waals surface area contributed by atoms with E-state index >= 15 is 0 Å². The fourth-order valence-electron chi connectivity index (χ4n) is 3.97. The number of rotatable bonds is 6. The molecule has 174 valence electrons. The number of carbonyl (C=O) groups is 2. The van der Waals surface area contributed by atoms with Gasteiger partial charge in [-0.3, -0.25) is 9.59 Å². The fourth-order valence-corrected chi connectivity index (χ4v) is 3.97. The van der Waals surface area contributed by atoms with Crippen molar-refractivity contribution in [3.63, 3.8) is 0 Å². The lowest BCUT2D eigenvalue weighted by Crippen LogP contribution is -2.31. The summed E-state index contributed by atoms with van der Waals surface area (Å²) in [5, 5.41) is 5.68. The Balaban J connectivity index is 1.28. The predicted octanol–water partition coefficient (Wildman–Crippen LogP) is 5.44. The van der Waals surface area contributed by atoms with Crippen molar-refractivity contribution in [1.29, 1.82) is 0 Å². The molecular formula is C28H23N3O4. The minimum atomic E-state index is -0.698. The van der Waals surface area contributed by atoms with E-state index in [4.69, 9.17) is 9.47 Å². The summed E-state index contributed by atoms with van der Waals surface area (Å²) >= 11 is 0. The topological polar surface area (TPSA) is 89.6 Å². The Labute approximate surface area is 202 Å². The molecule has 2 amide bonds. The fraction of sp³-hybridized carbons (Fsp3) is 0.107. The maximum absolute atomic E-state index is 13.0. The minimum absolute atomic E-state index is 0.123. The van der Waals surface area contributed by atoms with E-state index in [1.807, 2.05) is 72.8 Å². The lowest BCUT2D eigenvalue weighted by Gasteiger charge is -2.12. The average molecular weight is 466 g/mol. The molecule has 0 saturated carbocycles. The maximum atomic E-state index is 13.0. The van der Waals surface area contributed by atoms with Gasteiger partial charge in [-0.1, -0.05) is 36.4 Å². The van der Waals surface area contributed by atoms with Crippen molar-refractivity contribution in [2.75, 3.05) is 10.6 Å². The van der Waals surface area contributed by atoms with E-state index in [0.717, 1.165) is 22.4 Å². The first-order valence-electron chi connectivity index (χ1n) is 11.2. The van der Waals surface area contributed by atoms with E-state index in [2.05, 4.69) is 15.6 Å². The zero-order valence-electron chi connectivity index (χ0n) is 19.0. The van der Waals surface area contributed by atoms with Gasteiger partial charge in [0.15, 0.2) is 6.10 Å². The smallest absolute Gasteiger partial charge is 0.265 e. The lowest BCUT2D eigenvalue weighted by molar-refractivity contribution is -0.122. The molecule has 7 nitrogen and oxygen atoms in total. The lowest BCUT2D eigenvalue weighted by atomic mass is 9.98. The Morgan fingerprint density at radius 2 is 1.66 bits per heavy atom. The Kier molecular flexibility index (Phi) is 6.13. The number of para-hydroxylation sites is 1. The molecule has 0 fully saturated rings. The first kappa shape index (κ1) is 22.2. The molecular weight excluding hydrogens is 442 g/mol. The number of anilines is 2. The van der Waals surface area contributed by atoms with Crippen LogP contribution in [0.4, 0.5) is 11.4 Å². The zero-order valence-corrected chi connectivity index (χ0v) is 19.0. The molecule has 1 aromatic heterocycles. The number of nitrogens with one attached hydrogen (secondary N) is 2. The van der Waals surface area contributed by atoms with Gasteiger partial charge in [-0.2, -0.15) is 0 Å². The minimum Gasteiger partial charge on any atom is -0.464 e. The zero-order chi connectivity index (χ0) is 24.2. The van der Waals surface area contributed by atoms with Crippen molar-refractivity contribution in [2.45, 2.75) is 19.4 Å². The summed E-state index contributed by atoms with van der Waals surface area (Å²) in [6, 6.07) is 26.1. The third kappa shape index (κ3) is 5.14. The van der Waals surface area contributed by atoms with E-state index in [0.29, 0.717) is 29.5 Å². The monoisotopic (exact) mass is 465 g/mol. The van der Waals surface area contributed by atoms with Crippen LogP contribution in [0.15, 0.2) is 91.1 Å². The Morgan fingerprint density at radius 1 is 0.886 bits per heavy atom. The number of pyridine rings is 1. The van der Waals surface area contributed by atoms with Crippen LogP contribution in [-0.2, 0) is 16.0 Å². The molecule has 1 aliphatic heterocycles. The highest BCUT2D eigenvalue weighted by Gasteiger charge is 2.32. The summed E-state index contributed by atoms with van der Waals surface area (Å²) in [6.45, 7) is 1.47. The molecule has 1 aliphatic rings. The number of benzene rings is 3. The van der Waals surface area contributed by atoms with E-state index in [9.17, 15) is 9.59 Å². The Morgan fingerprint density at radius 3 is 2.43 bits per heavy atom. The molecule has 2 N–H and O–H groups in total. The number of hydrogen-bond acceptors (Lipinski definition) is 5. The highest BCUT2D eigenvalue weighted by Crippen LogP contribution is 2.36. The molecule has 0 radical (unpaired) electrons. The molecule has 35 heavy (non-hydrogen) atoms. The third-order valence-electron chi connectivity index (χ3n) is 5.55. The average Bonchev–Trinajstić information content (AvgIpc) is 3.30. The largest absolute Gasteiger partial charge is 0.464 e. The van der Waals surface area contributed by atoms with Crippen LogP contribution in [0.5, 0.6) is 17.4 Å². The number of aromatic nitrogens is 1. The number of nitrogens with zero attached hydrogens (tertiary/aromatic N) is 1. The summed E-state index contributed by atoms with van der Waals surface area (Å²) in [7, 11) is 0. The van der Waals surface area contributed by atoms with E-state index in [-0.39, 0.29) is 11.8 Å². The summed E-state index contributed by atoms with van der Waals surface area (Å²) in [5.41, 5.74) is 4.11. The SMILES string of the molecule is CC(=O)Nc1ccc(-c2ccnc3c2CC(C(=O)Nc2cccc(Oc4ccccc4)c2)O3)cc1. The van der Waals surface area contributed by atoms with Gasteiger partial charge in [-0.25, -0.2) is 4.98 Å². The number of carbonyl (C=O) groups excluding carboxylic acids is 2. The van der Waals surface area contributed by atoms with E-state index in [1.165, 1.54) is 6.92 Å². The van der Waals surface area contributed by atoms with Crippen LogP contribution in [0.1, 0.15) is 12.5 Å². The van der Waals surface area contributed by atoms with Gasteiger partial charge >= 0.3 is 0 Å². The quantitative estimate of drug-likeness (QED) is 0.396. The molecule has 1 unspecified atom stereocenters. The van der Waals surface area contributed by atoms with Crippen LogP contribution in [0, 0.1) is 0 Å². The highest BCUT2D eigenvalue weighted by atomic mass is 16.5. The van der Waals surface area contributed by atoms with Gasteiger partial charge in [0.2, 0.25) is 11.8 Å². The number of amides is 2. The molecule has 0 bridgehead atoms. The molecule has 3 aromatic carbocycles. The second-order valence-electron chi connectivity index (χ2n) is 8.14. The number of fused-ring (bicyclic) bond motifs is 1. The maximum Gasteiger partial charge on any atom is 0.265 e. The second-order valence-corrected chi connectivity index (χ2v) is 8.14. The molecule has 5 rings (SSSR count). The van der Waals surface area contributed by atoms with Crippen LogP contribution < -0.4 is 20.1 Å². The summed E-state index contributed by atoms with van der Waals surface area (Å²) < 4.78 is 11.7. The standard InChI is InChI=1S/C28H23N3O4/c1-18(32)30-20-12-10-19(11-13-20)24-14-15-29-28-25(24)17-26(35-28)27(33)31-21-6-5-9-23(16-21)34-22-7-3-2-4-8-22/h2-16,26H,17H2,1H3,(H,30,32)(H,31,33). The summed E-state index contributed by atoms with van der Waals surface area (Å²) in [6.07, 6.45) is 1.37.